The average molecular weight is 204 g/mol. The van der Waals surface area contributed by atoms with E-state index in [2.05, 4.69) is 5.32 Å². The number of carbonyl (C=O) groups excluding carboxylic acids is 1. The molecule has 1 heterocycles. The zero-order valence-electron chi connectivity index (χ0n) is 7.82. The molecule has 1 atom stereocenters. The highest BCUT2D eigenvalue weighted by Gasteiger charge is 2.18. The summed E-state index contributed by atoms with van der Waals surface area (Å²) in [6.45, 7) is 4.54. The molecular formula is C8H16N2O2S. The standard InChI is InChI=1S/C8H16N2O2S/c1-7(6-11)13-5-4-10-3-2-9-8(10)12/h7,11H,2-6H2,1H3,(H,9,12). The molecule has 1 rings (SSSR count). The molecule has 1 fully saturated rings. The van der Waals surface area contributed by atoms with Crippen LogP contribution in [-0.4, -0.2) is 53.3 Å². The Labute approximate surface area is 82.7 Å². The van der Waals surface area contributed by atoms with Crippen molar-refractivity contribution in [3.63, 3.8) is 0 Å². The number of hydrogen-bond donors (Lipinski definition) is 2. The topological polar surface area (TPSA) is 52.6 Å². The number of rotatable bonds is 5. The third-order valence-corrected chi connectivity index (χ3v) is 3.10. The van der Waals surface area contributed by atoms with Gasteiger partial charge in [0.05, 0.1) is 6.61 Å². The summed E-state index contributed by atoms with van der Waals surface area (Å²) < 4.78 is 0. The summed E-state index contributed by atoms with van der Waals surface area (Å²) in [7, 11) is 0. The Kier molecular flexibility index (Phi) is 4.38. The van der Waals surface area contributed by atoms with E-state index in [1.807, 2.05) is 6.92 Å². The van der Waals surface area contributed by atoms with E-state index >= 15 is 0 Å². The summed E-state index contributed by atoms with van der Waals surface area (Å²) in [4.78, 5) is 12.9. The molecule has 5 heteroatoms. The first kappa shape index (κ1) is 10.7. The molecule has 0 aromatic carbocycles. The van der Waals surface area contributed by atoms with Crippen molar-refractivity contribution < 1.29 is 9.90 Å². The fourth-order valence-corrected chi connectivity index (χ4v) is 1.97. The van der Waals surface area contributed by atoms with E-state index < -0.39 is 0 Å². The van der Waals surface area contributed by atoms with Crippen LogP contribution in [-0.2, 0) is 0 Å². The molecule has 1 saturated heterocycles. The van der Waals surface area contributed by atoms with Crippen LogP contribution in [0.2, 0.25) is 0 Å². The van der Waals surface area contributed by atoms with Gasteiger partial charge in [0.15, 0.2) is 0 Å². The number of hydrogen-bond acceptors (Lipinski definition) is 3. The number of aliphatic hydroxyl groups excluding tert-OH is 1. The summed E-state index contributed by atoms with van der Waals surface area (Å²) >= 11 is 1.69. The monoisotopic (exact) mass is 204 g/mol. The van der Waals surface area contributed by atoms with E-state index in [1.54, 1.807) is 16.7 Å². The number of aliphatic hydroxyl groups is 1. The fraction of sp³-hybridized carbons (Fsp3) is 0.875. The first-order valence-corrected chi connectivity index (χ1v) is 5.54. The van der Waals surface area contributed by atoms with E-state index in [4.69, 9.17) is 5.11 Å². The maximum Gasteiger partial charge on any atom is 0.317 e. The molecule has 0 radical (unpaired) electrons. The van der Waals surface area contributed by atoms with Crippen LogP contribution in [0.15, 0.2) is 0 Å². The quantitative estimate of drug-likeness (QED) is 0.669. The average Bonchev–Trinajstić information content (AvgIpc) is 2.52. The van der Waals surface area contributed by atoms with Gasteiger partial charge in [0, 0.05) is 30.6 Å². The van der Waals surface area contributed by atoms with Crippen LogP contribution in [0.3, 0.4) is 0 Å². The molecule has 2 N–H and O–H groups in total. The normalized spacial score (nSPS) is 18.9. The lowest BCUT2D eigenvalue weighted by atomic mass is 10.5. The minimum absolute atomic E-state index is 0.0391. The van der Waals surface area contributed by atoms with E-state index in [0.29, 0.717) is 0 Å². The van der Waals surface area contributed by atoms with Gasteiger partial charge in [0.25, 0.3) is 0 Å². The lowest BCUT2D eigenvalue weighted by Crippen LogP contribution is -2.30. The predicted molar refractivity (Wildman–Crippen MR) is 54.0 cm³/mol. The third-order valence-electron chi connectivity index (χ3n) is 1.97. The highest BCUT2D eigenvalue weighted by molar-refractivity contribution is 7.99. The molecule has 4 nitrogen and oxygen atoms in total. The first-order chi connectivity index (χ1) is 6.24. The Morgan fingerprint density at radius 2 is 2.54 bits per heavy atom. The third kappa shape index (κ3) is 3.44. The molecule has 1 aliphatic heterocycles. The molecule has 13 heavy (non-hydrogen) atoms. The van der Waals surface area contributed by atoms with Crippen molar-refractivity contribution in [2.45, 2.75) is 12.2 Å². The molecular weight excluding hydrogens is 188 g/mol. The van der Waals surface area contributed by atoms with Gasteiger partial charge in [0.2, 0.25) is 0 Å². The highest BCUT2D eigenvalue weighted by atomic mass is 32.2. The molecule has 0 saturated carbocycles. The Morgan fingerprint density at radius 3 is 3.08 bits per heavy atom. The Bertz CT molecular complexity index is 178. The number of amides is 2. The minimum atomic E-state index is 0.0391. The maximum atomic E-state index is 11.1. The van der Waals surface area contributed by atoms with Crippen molar-refractivity contribution in [2.75, 3.05) is 32.0 Å². The summed E-state index contributed by atoms with van der Waals surface area (Å²) in [5.74, 6) is 0.898. The molecule has 0 aromatic heterocycles. The fourth-order valence-electron chi connectivity index (χ4n) is 1.14. The SMILES string of the molecule is CC(CO)SCCN1CCNC1=O. The number of thioether (sulfide) groups is 1. The van der Waals surface area contributed by atoms with Crippen LogP contribution in [0.1, 0.15) is 6.92 Å². The largest absolute Gasteiger partial charge is 0.395 e. The van der Waals surface area contributed by atoms with Gasteiger partial charge in [-0.25, -0.2) is 4.79 Å². The number of nitrogens with zero attached hydrogens (tertiary/aromatic N) is 1. The van der Waals surface area contributed by atoms with Gasteiger partial charge in [-0.3, -0.25) is 0 Å². The van der Waals surface area contributed by atoms with Gasteiger partial charge in [-0.1, -0.05) is 6.92 Å². The first-order valence-electron chi connectivity index (χ1n) is 4.49. The van der Waals surface area contributed by atoms with Gasteiger partial charge in [0.1, 0.15) is 0 Å². The molecule has 76 valence electrons. The van der Waals surface area contributed by atoms with Crippen molar-refractivity contribution >= 4 is 17.8 Å². The predicted octanol–water partition coefficient (Wildman–Crippen LogP) is 0.126. The van der Waals surface area contributed by atoms with Crippen LogP contribution < -0.4 is 5.32 Å². The highest BCUT2D eigenvalue weighted by Crippen LogP contribution is 2.10. The van der Waals surface area contributed by atoms with Crippen molar-refractivity contribution in [2.24, 2.45) is 0 Å². The molecule has 1 unspecified atom stereocenters. The smallest absolute Gasteiger partial charge is 0.317 e. The van der Waals surface area contributed by atoms with Crippen molar-refractivity contribution in [3.05, 3.63) is 0 Å². The summed E-state index contributed by atoms with van der Waals surface area (Å²) in [5.41, 5.74) is 0. The zero-order valence-corrected chi connectivity index (χ0v) is 8.64. The summed E-state index contributed by atoms with van der Waals surface area (Å²) in [5, 5.41) is 11.8. The lowest BCUT2D eigenvalue weighted by molar-refractivity contribution is 0.220. The van der Waals surface area contributed by atoms with Crippen LogP contribution in [0, 0.1) is 0 Å². The Morgan fingerprint density at radius 1 is 1.77 bits per heavy atom. The van der Waals surface area contributed by atoms with Crippen molar-refractivity contribution in [1.29, 1.82) is 0 Å². The Balaban J connectivity index is 2.08. The molecule has 0 aliphatic carbocycles. The van der Waals surface area contributed by atoms with Crippen LogP contribution >= 0.6 is 11.8 Å². The Hall–Kier alpha value is -0.420. The number of nitrogens with one attached hydrogen (secondary N) is 1. The molecule has 0 aromatic rings. The maximum absolute atomic E-state index is 11.1. The van der Waals surface area contributed by atoms with Gasteiger partial charge >= 0.3 is 6.03 Å². The molecule has 0 bridgehead atoms. The van der Waals surface area contributed by atoms with Gasteiger partial charge < -0.3 is 15.3 Å². The molecule has 2 amide bonds. The van der Waals surface area contributed by atoms with Gasteiger partial charge in [-0.05, 0) is 0 Å². The van der Waals surface area contributed by atoms with Gasteiger partial charge in [-0.2, -0.15) is 11.8 Å². The number of carbonyl (C=O) groups is 1. The summed E-state index contributed by atoms with van der Waals surface area (Å²) in [6.07, 6.45) is 0. The van der Waals surface area contributed by atoms with E-state index in [0.717, 1.165) is 25.4 Å². The lowest BCUT2D eigenvalue weighted by Gasteiger charge is -2.14. The minimum Gasteiger partial charge on any atom is -0.395 e. The van der Waals surface area contributed by atoms with Crippen LogP contribution in [0.4, 0.5) is 4.79 Å². The van der Waals surface area contributed by atoms with Crippen LogP contribution in [0.5, 0.6) is 0 Å². The van der Waals surface area contributed by atoms with E-state index in [-0.39, 0.29) is 17.9 Å². The molecule has 1 aliphatic rings. The number of urea groups is 1. The zero-order chi connectivity index (χ0) is 9.68. The molecule has 0 spiro atoms. The second-order valence-electron chi connectivity index (χ2n) is 3.08. The van der Waals surface area contributed by atoms with E-state index in [1.165, 1.54) is 0 Å². The van der Waals surface area contributed by atoms with Crippen molar-refractivity contribution in [3.8, 4) is 0 Å². The second kappa shape index (κ2) is 5.34. The summed E-state index contributed by atoms with van der Waals surface area (Å²) in [6, 6.07) is 0.0391. The van der Waals surface area contributed by atoms with Gasteiger partial charge in [-0.15, -0.1) is 0 Å². The van der Waals surface area contributed by atoms with Crippen LogP contribution in [0.25, 0.3) is 0 Å². The second-order valence-corrected chi connectivity index (χ2v) is 4.63. The van der Waals surface area contributed by atoms with Crippen molar-refractivity contribution in [1.82, 2.24) is 10.2 Å². The van der Waals surface area contributed by atoms with E-state index in [9.17, 15) is 4.79 Å².